The molecular weight excluding hydrogens is 409 g/mol. The Kier molecular flexibility index (Phi) is 7.23. The van der Waals surface area contributed by atoms with Gasteiger partial charge in [-0.2, -0.15) is 14.3 Å². The standard InChI is InChI=1S/C18H25ClFN3O6/c1-9(2)15(24)27-8-18(7-19)13(28-16(25)10(3)4)12(20)14(29-18)23-6-5-11(21)22-17(23)26/h5-6,9-10,12-14H,7-8H2,1-4H3,(H2,21,22,26)/p+1. The van der Waals surface area contributed by atoms with Gasteiger partial charge in [0.05, 0.1) is 17.7 Å². The van der Waals surface area contributed by atoms with E-state index < -0.39 is 60.2 Å². The second-order valence-electron chi connectivity index (χ2n) is 7.53. The molecule has 2 rings (SSSR count). The highest BCUT2D eigenvalue weighted by atomic mass is 35.5. The Morgan fingerprint density at radius 1 is 1.34 bits per heavy atom. The van der Waals surface area contributed by atoms with Gasteiger partial charge in [0.1, 0.15) is 12.8 Å². The second kappa shape index (κ2) is 9.08. The lowest BCUT2D eigenvalue weighted by molar-refractivity contribution is -0.779. The molecule has 1 aliphatic rings. The maximum absolute atomic E-state index is 15.4. The van der Waals surface area contributed by atoms with Crippen LogP contribution in [0.4, 0.5) is 10.2 Å². The molecule has 0 saturated carbocycles. The van der Waals surface area contributed by atoms with E-state index >= 15 is 4.39 Å². The van der Waals surface area contributed by atoms with Crippen LogP contribution < -0.4 is 16.0 Å². The van der Waals surface area contributed by atoms with Crippen LogP contribution in [0.3, 0.4) is 0 Å². The number of rotatable bonds is 7. The smallest absolute Gasteiger partial charge is 0.462 e. The number of hydrogen-bond donors (Lipinski definition) is 2. The third-order valence-electron chi connectivity index (χ3n) is 4.48. The summed E-state index contributed by atoms with van der Waals surface area (Å²) in [7, 11) is 0. The van der Waals surface area contributed by atoms with Crippen LogP contribution in [-0.4, -0.2) is 47.3 Å². The first-order chi connectivity index (χ1) is 13.5. The number of esters is 2. The first kappa shape index (κ1) is 23.1. The number of nitrogens with zero attached hydrogens (tertiary/aromatic N) is 1. The van der Waals surface area contributed by atoms with Crippen molar-refractivity contribution in [2.75, 3.05) is 18.2 Å². The lowest BCUT2D eigenvalue weighted by Crippen LogP contribution is -2.57. The molecule has 1 aromatic heterocycles. The zero-order valence-electron chi connectivity index (χ0n) is 16.7. The van der Waals surface area contributed by atoms with Crippen LogP contribution in [0.2, 0.25) is 0 Å². The predicted molar refractivity (Wildman–Crippen MR) is 101 cm³/mol. The molecule has 1 saturated heterocycles. The fourth-order valence-electron chi connectivity index (χ4n) is 2.74. The van der Waals surface area contributed by atoms with E-state index in [4.69, 9.17) is 31.5 Å². The number of carbonyl (C=O) groups is 2. The third kappa shape index (κ3) is 4.87. The van der Waals surface area contributed by atoms with E-state index in [1.54, 1.807) is 27.7 Å². The van der Waals surface area contributed by atoms with E-state index in [1.165, 1.54) is 12.3 Å². The molecule has 9 nitrogen and oxygen atoms in total. The van der Waals surface area contributed by atoms with Crippen molar-refractivity contribution < 1.29 is 32.8 Å². The highest BCUT2D eigenvalue weighted by Crippen LogP contribution is 2.40. The minimum atomic E-state index is -1.95. The molecule has 11 heteroatoms. The summed E-state index contributed by atoms with van der Waals surface area (Å²) >= 11 is 6.08. The van der Waals surface area contributed by atoms with E-state index in [9.17, 15) is 14.4 Å². The second-order valence-corrected chi connectivity index (χ2v) is 7.80. The molecule has 0 amide bonds. The van der Waals surface area contributed by atoms with Gasteiger partial charge in [-0.1, -0.05) is 27.7 Å². The van der Waals surface area contributed by atoms with Crippen molar-refractivity contribution in [3.8, 4) is 0 Å². The number of ether oxygens (including phenoxy) is 3. The average Bonchev–Trinajstić information content (AvgIpc) is 2.92. The van der Waals surface area contributed by atoms with E-state index in [0.717, 1.165) is 4.57 Å². The van der Waals surface area contributed by atoms with Gasteiger partial charge in [-0.25, -0.2) is 4.39 Å². The summed E-state index contributed by atoms with van der Waals surface area (Å²) in [5.74, 6) is -2.48. The lowest BCUT2D eigenvalue weighted by atomic mass is 9.98. The first-order valence-electron chi connectivity index (χ1n) is 9.17. The number of halogens is 2. The quantitative estimate of drug-likeness (QED) is 0.370. The van der Waals surface area contributed by atoms with Crippen LogP contribution in [-0.2, 0) is 23.8 Å². The minimum absolute atomic E-state index is 0.0805. The highest BCUT2D eigenvalue weighted by molar-refractivity contribution is 6.18. The first-order valence-corrected chi connectivity index (χ1v) is 9.70. The van der Waals surface area contributed by atoms with Crippen molar-refractivity contribution in [2.24, 2.45) is 11.8 Å². The Morgan fingerprint density at radius 2 is 1.97 bits per heavy atom. The summed E-state index contributed by atoms with van der Waals surface area (Å²) in [5.41, 5.74) is 3.12. The summed E-state index contributed by atoms with van der Waals surface area (Å²) in [6, 6.07) is 1.35. The Bertz CT molecular complexity index is 817. The number of aromatic nitrogens is 2. The number of H-pyrrole nitrogens is 1. The molecule has 0 bridgehead atoms. The number of carbonyl (C=O) groups excluding carboxylic acids is 2. The van der Waals surface area contributed by atoms with Gasteiger partial charge in [-0.15, -0.1) is 11.6 Å². The largest absolute Gasteiger partial charge is 0.499 e. The number of nitrogens with two attached hydrogens (primary N) is 1. The minimum Gasteiger partial charge on any atom is -0.462 e. The maximum Gasteiger partial charge on any atom is 0.499 e. The van der Waals surface area contributed by atoms with E-state index in [1.807, 2.05) is 0 Å². The summed E-state index contributed by atoms with van der Waals surface area (Å²) in [6.07, 6.45) is -3.67. The van der Waals surface area contributed by atoms with Gasteiger partial charge < -0.3 is 19.9 Å². The van der Waals surface area contributed by atoms with Gasteiger partial charge in [0.2, 0.25) is 12.4 Å². The Morgan fingerprint density at radius 3 is 2.48 bits per heavy atom. The number of nitrogens with one attached hydrogen (secondary N) is 1. The molecule has 162 valence electrons. The molecule has 4 atom stereocenters. The van der Waals surface area contributed by atoms with E-state index in [0.29, 0.717) is 0 Å². The maximum atomic E-state index is 15.4. The van der Waals surface area contributed by atoms with Crippen molar-refractivity contribution >= 4 is 29.4 Å². The van der Waals surface area contributed by atoms with Crippen molar-refractivity contribution in [1.82, 2.24) is 4.98 Å². The van der Waals surface area contributed by atoms with Gasteiger partial charge in [-0.05, 0) is 0 Å². The number of aromatic amines is 1. The molecular formula is C18H26ClFN3O6+. The van der Waals surface area contributed by atoms with Crippen LogP contribution in [0, 0.1) is 11.8 Å². The van der Waals surface area contributed by atoms with Gasteiger partial charge in [-0.3, -0.25) is 9.59 Å². The Hall–Kier alpha value is -2.20. The average molecular weight is 435 g/mol. The van der Waals surface area contributed by atoms with E-state index in [2.05, 4.69) is 4.98 Å². The summed E-state index contributed by atoms with van der Waals surface area (Å²) < 4.78 is 32.7. The molecule has 0 aliphatic carbocycles. The van der Waals surface area contributed by atoms with Crippen LogP contribution >= 0.6 is 11.6 Å². The molecule has 0 spiro atoms. The third-order valence-corrected chi connectivity index (χ3v) is 4.93. The van der Waals surface area contributed by atoms with Crippen LogP contribution in [0.5, 0.6) is 0 Å². The predicted octanol–water partition coefficient (Wildman–Crippen LogP) is 0.856. The molecule has 29 heavy (non-hydrogen) atoms. The van der Waals surface area contributed by atoms with Gasteiger partial charge >= 0.3 is 17.6 Å². The SMILES string of the molecule is CC(C)C(=O)OCC1(CCl)OC([n+]2ccc(N)[nH]c2=O)C(F)C1OC(=O)C(C)C. The highest BCUT2D eigenvalue weighted by Gasteiger charge is 2.61. The van der Waals surface area contributed by atoms with Crippen LogP contribution in [0.1, 0.15) is 33.9 Å². The monoisotopic (exact) mass is 434 g/mol. The molecule has 2 heterocycles. The number of hydrogen-bond acceptors (Lipinski definition) is 7. The summed E-state index contributed by atoms with van der Waals surface area (Å²) in [4.78, 5) is 38.6. The van der Waals surface area contributed by atoms with Gasteiger partial charge in [0.15, 0.2) is 17.5 Å². The molecule has 1 aromatic rings. The normalized spacial score (nSPS) is 26.7. The number of nitrogen functional groups attached to an aromatic ring is 1. The number of anilines is 1. The molecule has 3 N–H and O–H groups in total. The van der Waals surface area contributed by atoms with E-state index in [-0.39, 0.29) is 11.7 Å². The molecule has 0 aromatic carbocycles. The Balaban J connectivity index is 2.42. The topological polar surface area (TPSA) is 125 Å². The van der Waals surface area contributed by atoms with Gasteiger partial charge in [0, 0.05) is 6.07 Å². The Labute approximate surface area is 172 Å². The zero-order chi connectivity index (χ0) is 21.9. The van der Waals surface area contributed by atoms with Crippen LogP contribution in [0.15, 0.2) is 17.1 Å². The van der Waals surface area contributed by atoms with Gasteiger partial charge in [0.25, 0.3) is 0 Å². The van der Waals surface area contributed by atoms with Crippen molar-refractivity contribution in [1.29, 1.82) is 0 Å². The fourth-order valence-corrected chi connectivity index (χ4v) is 3.03. The van der Waals surface area contributed by atoms with Crippen LogP contribution in [0.25, 0.3) is 0 Å². The van der Waals surface area contributed by atoms with Crippen molar-refractivity contribution in [3.63, 3.8) is 0 Å². The fraction of sp³-hybridized carbons (Fsp3) is 0.667. The molecule has 1 aliphatic heterocycles. The van der Waals surface area contributed by atoms with Crippen molar-refractivity contribution in [2.45, 2.75) is 51.8 Å². The molecule has 0 radical (unpaired) electrons. The van der Waals surface area contributed by atoms with Crippen molar-refractivity contribution in [3.05, 3.63) is 22.7 Å². The zero-order valence-corrected chi connectivity index (χ0v) is 17.4. The molecule has 4 unspecified atom stereocenters. The summed E-state index contributed by atoms with van der Waals surface area (Å²) in [6.45, 7) is 5.98. The number of alkyl halides is 2. The molecule has 1 fully saturated rings. The lowest BCUT2D eigenvalue weighted by Gasteiger charge is -2.31. The summed E-state index contributed by atoms with van der Waals surface area (Å²) in [5, 5.41) is 0.